The molecule has 0 saturated heterocycles. The van der Waals surface area contributed by atoms with Gasteiger partial charge in [0.15, 0.2) is 0 Å². The third kappa shape index (κ3) is 6.88. The fraction of sp³-hybridized carbons (Fsp3) is 0.429. The highest BCUT2D eigenvalue weighted by Gasteiger charge is 2.62. The van der Waals surface area contributed by atoms with E-state index in [0.29, 0.717) is 0 Å². The minimum atomic E-state index is -0.143. The highest BCUT2D eigenvalue weighted by atomic mass is 15.3. The van der Waals surface area contributed by atoms with Crippen LogP contribution >= 0.6 is 0 Å². The first-order valence-electron chi connectivity index (χ1n) is 25.4. The molecular formula is C63H76BN3. The number of rotatable bonds is 3. The normalized spacial score (nSPS) is 21.0. The van der Waals surface area contributed by atoms with Crippen molar-refractivity contribution in [3.05, 3.63) is 149 Å². The van der Waals surface area contributed by atoms with E-state index in [9.17, 15) is 0 Å². The summed E-state index contributed by atoms with van der Waals surface area (Å²) in [5.74, 6) is 0. The van der Waals surface area contributed by atoms with Gasteiger partial charge in [0, 0.05) is 56.5 Å². The van der Waals surface area contributed by atoms with Crippen LogP contribution in [0.3, 0.4) is 0 Å². The van der Waals surface area contributed by atoms with E-state index in [1.165, 1.54) is 109 Å². The van der Waals surface area contributed by atoms with Crippen molar-refractivity contribution in [2.75, 3.05) is 14.7 Å². The molecule has 346 valence electrons. The number of hydrogen-bond donors (Lipinski definition) is 0. The van der Waals surface area contributed by atoms with E-state index in [0.717, 1.165) is 6.42 Å². The molecule has 6 aromatic rings. The average molecular weight is 886 g/mol. The molecule has 3 nitrogen and oxygen atoms in total. The Morgan fingerprint density at radius 1 is 0.418 bits per heavy atom. The molecule has 10 rings (SSSR count). The van der Waals surface area contributed by atoms with Gasteiger partial charge < -0.3 is 14.7 Å². The molecule has 4 aliphatic rings. The molecule has 67 heavy (non-hydrogen) atoms. The zero-order valence-electron chi connectivity index (χ0n) is 43.8. The third-order valence-electron chi connectivity index (χ3n) is 17.5. The zero-order valence-corrected chi connectivity index (χ0v) is 43.8. The predicted molar refractivity (Wildman–Crippen MR) is 292 cm³/mol. The molecule has 1 aliphatic carbocycles. The Kier molecular flexibility index (Phi) is 10.1. The molecule has 0 spiro atoms. The van der Waals surface area contributed by atoms with Crippen LogP contribution in [0.1, 0.15) is 164 Å². The van der Waals surface area contributed by atoms with E-state index in [1.807, 2.05) is 0 Å². The van der Waals surface area contributed by atoms with E-state index in [1.54, 1.807) is 0 Å². The summed E-state index contributed by atoms with van der Waals surface area (Å²) in [4.78, 5) is 8.17. The van der Waals surface area contributed by atoms with Gasteiger partial charge in [0.05, 0.1) is 0 Å². The van der Waals surface area contributed by atoms with Crippen molar-refractivity contribution in [2.45, 2.75) is 169 Å². The van der Waals surface area contributed by atoms with Crippen LogP contribution in [0.15, 0.2) is 121 Å². The Morgan fingerprint density at radius 3 is 1.34 bits per heavy atom. The molecule has 0 radical (unpaired) electrons. The van der Waals surface area contributed by atoms with Crippen LogP contribution < -0.4 is 31.1 Å². The molecule has 2 unspecified atom stereocenters. The highest BCUT2D eigenvalue weighted by molar-refractivity contribution is 7.00. The fourth-order valence-corrected chi connectivity index (χ4v) is 12.8. The average Bonchev–Trinajstić information content (AvgIpc) is 3.25. The Labute approximate surface area is 405 Å². The van der Waals surface area contributed by atoms with Gasteiger partial charge in [-0.3, -0.25) is 0 Å². The van der Waals surface area contributed by atoms with Gasteiger partial charge in [-0.2, -0.15) is 0 Å². The molecule has 0 bridgehead atoms. The minimum Gasteiger partial charge on any atom is -0.335 e. The number of para-hydroxylation sites is 1. The lowest BCUT2D eigenvalue weighted by molar-refractivity contribution is 0.0106. The van der Waals surface area contributed by atoms with Crippen LogP contribution in [0.25, 0.3) is 0 Å². The van der Waals surface area contributed by atoms with Crippen molar-refractivity contribution < 1.29 is 0 Å². The van der Waals surface area contributed by atoms with Gasteiger partial charge in [0.1, 0.15) is 0 Å². The van der Waals surface area contributed by atoms with Gasteiger partial charge in [0.25, 0.3) is 6.71 Å². The molecule has 2 atom stereocenters. The molecule has 0 amide bonds. The molecule has 3 heterocycles. The quantitative estimate of drug-likeness (QED) is 0.164. The molecule has 3 aliphatic heterocycles. The second kappa shape index (κ2) is 14.9. The summed E-state index contributed by atoms with van der Waals surface area (Å²) >= 11 is 0. The number of anilines is 8. The van der Waals surface area contributed by atoms with Crippen LogP contribution in [0.5, 0.6) is 0 Å². The first kappa shape index (κ1) is 45.6. The Morgan fingerprint density at radius 2 is 0.866 bits per heavy atom. The van der Waals surface area contributed by atoms with Gasteiger partial charge in [0.2, 0.25) is 0 Å². The zero-order chi connectivity index (χ0) is 48.0. The van der Waals surface area contributed by atoms with Crippen LogP contribution in [-0.2, 0) is 27.1 Å². The lowest BCUT2D eigenvalue weighted by Gasteiger charge is -2.66. The molecule has 6 aromatic carbocycles. The minimum absolute atomic E-state index is 0.0192. The molecular weight excluding hydrogens is 810 g/mol. The number of benzene rings is 6. The van der Waals surface area contributed by atoms with E-state index in [2.05, 4.69) is 247 Å². The fourth-order valence-electron chi connectivity index (χ4n) is 12.8. The SMILES string of the molecule is CC(C)(C)c1cccc(N2c3cc(C(C)(C)C)ccc3B3c4ccc(C(C)(C)C)cc4N(c4cccc(C(C)(C)C)c4)c4cc(N5c6ccccc6C(C)(C)C6(C)CCCCC56C)cc2c43)c1. The van der Waals surface area contributed by atoms with Gasteiger partial charge in [-0.15, -0.1) is 0 Å². The number of nitrogens with zero attached hydrogens (tertiary/aromatic N) is 3. The summed E-state index contributed by atoms with van der Waals surface area (Å²) < 4.78 is 0. The number of hydrogen-bond acceptors (Lipinski definition) is 3. The van der Waals surface area contributed by atoms with Crippen LogP contribution in [0, 0.1) is 5.41 Å². The van der Waals surface area contributed by atoms with Crippen molar-refractivity contribution in [2.24, 2.45) is 5.41 Å². The van der Waals surface area contributed by atoms with E-state index >= 15 is 0 Å². The van der Waals surface area contributed by atoms with Crippen molar-refractivity contribution in [1.29, 1.82) is 0 Å². The van der Waals surface area contributed by atoms with Gasteiger partial charge in [-0.1, -0.05) is 183 Å². The maximum Gasteiger partial charge on any atom is 0.252 e. The lowest BCUT2D eigenvalue weighted by atomic mass is 9.33. The maximum atomic E-state index is 2.84. The standard InChI is InChI=1S/C63H76BN3/c1-57(2,3)41-23-21-25-45(35-41)65-52-37-43(59(7,8)9)29-31-49(52)64-50-32-30-44(60(10,11)12)38-53(50)66(46-26-22-24-42(36-46)58(4,5)6)55-40-47(39-54(65)56(55)64)67-51-28-18-17-27-48(51)61(13,14)62(15)33-19-20-34-63(62,67)16/h17-18,21-32,35-40H,19-20,33-34H2,1-16H3. The third-order valence-corrected chi connectivity index (χ3v) is 17.5. The second-order valence-corrected chi connectivity index (χ2v) is 25.9. The highest BCUT2D eigenvalue weighted by Crippen LogP contribution is 2.65. The van der Waals surface area contributed by atoms with Crippen LogP contribution in [-0.4, -0.2) is 12.3 Å². The van der Waals surface area contributed by atoms with E-state index in [4.69, 9.17) is 0 Å². The van der Waals surface area contributed by atoms with Gasteiger partial charge in [-0.05, 0) is 146 Å². The largest absolute Gasteiger partial charge is 0.335 e. The van der Waals surface area contributed by atoms with E-state index in [-0.39, 0.29) is 44.7 Å². The summed E-state index contributed by atoms with van der Waals surface area (Å²) in [6, 6.07) is 48.4. The van der Waals surface area contributed by atoms with Gasteiger partial charge >= 0.3 is 0 Å². The molecule has 0 aromatic heterocycles. The van der Waals surface area contributed by atoms with Crippen molar-refractivity contribution in [3.63, 3.8) is 0 Å². The summed E-state index contributed by atoms with van der Waals surface area (Å²) in [5, 5.41) is 0. The first-order chi connectivity index (χ1) is 31.3. The predicted octanol–water partition coefficient (Wildman–Crippen LogP) is 15.7. The Bertz CT molecular complexity index is 2800. The van der Waals surface area contributed by atoms with Gasteiger partial charge in [-0.25, -0.2) is 0 Å². The Balaban J connectivity index is 1.38. The molecule has 1 saturated carbocycles. The lowest BCUT2D eigenvalue weighted by Crippen LogP contribution is -2.67. The summed E-state index contributed by atoms with van der Waals surface area (Å²) in [7, 11) is 0. The second-order valence-electron chi connectivity index (χ2n) is 25.9. The first-order valence-corrected chi connectivity index (χ1v) is 25.4. The van der Waals surface area contributed by atoms with Crippen molar-refractivity contribution >= 4 is 68.6 Å². The summed E-state index contributed by atoms with van der Waals surface area (Å²) in [6.07, 6.45) is 4.83. The molecule has 4 heteroatoms. The maximum absolute atomic E-state index is 2.84. The smallest absolute Gasteiger partial charge is 0.252 e. The van der Waals surface area contributed by atoms with Crippen molar-refractivity contribution in [3.8, 4) is 0 Å². The molecule has 0 N–H and O–H groups in total. The van der Waals surface area contributed by atoms with E-state index < -0.39 is 0 Å². The number of fused-ring (bicyclic) bond motifs is 6. The van der Waals surface area contributed by atoms with Crippen LogP contribution in [0.4, 0.5) is 45.5 Å². The molecule has 1 fully saturated rings. The Hall–Kier alpha value is -5.22. The summed E-state index contributed by atoms with van der Waals surface area (Å²) in [6.45, 7) is 38.5. The van der Waals surface area contributed by atoms with Crippen molar-refractivity contribution in [1.82, 2.24) is 0 Å². The summed E-state index contributed by atoms with van der Waals surface area (Å²) in [5.41, 5.74) is 20.8. The van der Waals surface area contributed by atoms with Crippen LogP contribution in [0.2, 0.25) is 0 Å². The monoisotopic (exact) mass is 886 g/mol. The topological polar surface area (TPSA) is 9.72 Å².